The van der Waals surface area contributed by atoms with Gasteiger partial charge in [-0.05, 0) is 11.6 Å². The predicted molar refractivity (Wildman–Crippen MR) is 66.0 cm³/mol. The second kappa shape index (κ2) is 3.86. The Hall–Kier alpha value is -1.87. The highest BCUT2D eigenvalue weighted by Crippen LogP contribution is 2.31. The molecule has 0 radical (unpaired) electrons. The number of Topliss-reactive ketones (excluding diaryl/α,β-unsaturated/α-hetero) is 1. The van der Waals surface area contributed by atoms with Crippen LogP contribution in [0.3, 0.4) is 0 Å². The van der Waals surface area contributed by atoms with E-state index in [1.165, 1.54) is 0 Å². The average molecular weight is 245 g/mol. The molecule has 1 aromatic carbocycles. The third-order valence-corrected chi connectivity index (χ3v) is 3.21. The van der Waals surface area contributed by atoms with Crippen LogP contribution in [0, 0.1) is 0 Å². The first-order valence-corrected chi connectivity index (χ1v) is 5.64. The number of carbonyl (C=O) groups is 1. The first kappa shape index (κ1) is 10.3. The van der Waals surface area contributed by atoms with E-state index in [4.69, 9.17) is 11.6 Å². The molecule has 17 heavy (non-hydrogen) atoms. The molecule has 0 N–H and O–H groups in total. The highest BCUT2D eigenvalue weighted by atomic mass is 35.5. The van der Waals surface area contributed by atoms with E-state index in [1.807, 2.05) is 12.1 Å². The standard InChI is InChI=1S/C13H9ClN2O/c14-12-3-1-2-10-11(12)6-9(13(10)17)7-16-5-4-15-8-16/h1-5,7-8H,6H2/b9-7+. The summed E-state index contributed by atoms with van der Waals surface area (Å²) in [6.45, 7) is 0. The van der Waals surface area contributed by atoms with Crippen LogP contribution in [0.1, 0.15) is 15.9 Å². The summed E-state index contributed by atoms with van der Waals surface area (Å²) in [6.07, 6.45) is 7.52. The molecule has 0 bridgehead atoms. The summed E-state index contributed by atoms with van der Waals surface area (Å²) < 4.78 is 1.77. The molecule has 3 nitrogen and oxygen atoms in total. The van der Waals surface area contributed by atoms with Gasteiger partial charge >= 0.3 is 0 Å². The van der Waals surface area contributed by atoms with Crippen molar-refractivity contribution >= 4 is 23.6 Å². The van der Waals surface area contributed by atoms with E-state index in [1.54, 1.807) is 35.6 Å². The third-order valence-electron chi connectivity index (χ3n) is 2.85. The number of nitrogens with zero attached hydrogens (tertiary/aromatic N) is 2. The number of halogens is 1. The Morgan fingerprint density at radius 1 is 1.41 bits per heavy atom. The van der Waals surface area contributed by atoms with Crippen molar-refractivity contribution in [3.05, 3.63) is 58.6 Å². The average Bonchev–Trinajstić information content (AvgIpc) is 2.92. The molecule has 0 unspecified atom stereocenters. The van der Waals surface area contributed by atoms with Crippen LogP contribution in [0.15, 0.2) is 42.5 Å². The van der Waals surface area contributed by atoms with E-state index in [0.29, 0.717) is 17.0 Å². The molecular formula is C13H9ClN2O. The molecule has 0 spiro atoms. The lowest BCUT2D eigenvalue weighted by molar-refractivity contribution is 0.104. The summed E-state index contributed by atoms with van der Waals surface area (Å²) in [4.78, 5) is 16.1. The van der Waals surface area contributed by atoms with E-state index < -0.39 is 0 Å². The minimum atomic E-state index is 0.0520. The lowest BCUT2D eigenvalue weighted by Gasteiger charge is -1.97. The molecule has 4 heteroatoms. The minimum Gasteiger partial charge on any atom is -0.313 e. The second-order valence-corrected chi connectivity index (χ2v) is 4.34. The molecule has 0 atom stereocenters. The number of benzene rings is 1. The van der Waals surface area contributed by atoms with Gasteiger partial charge in [-0.3, -0.25) is 4.79 Å². The van der Waals surface area contributed by atoms with Crippen molar-refractivity contribution in [2.45, 2.75) is 6.42 Å². The van der Waals surface area contributed by atoms with Gasteiger partial charge in [-0.2, -0.15) is 0 Å². The van der Waals surface area contributed by atoms with Crippen LogP contribution in [-0.4, -0.2) is 15.3 Å². The second-order valence-electron chi connectivity index (χ2n) is 3.94. The highest BCUT2D eigenvalue weighted by molar-refractivity contribution is 6.33. The molecule has 1 aliphatic carbocycles. The van der Waals surface area contributed by atoms with Gasteiger partial charge in [0.1, 0.15) is 0 Å². The third kappa shape index (κ3) is 1.68. The molecule has 0 aliphatic heterocycles. The quantitative estimate of drug-likeness (QED) is 0.723. The van der Waals surface area contributed by atoms with Gasteiger partial charge in [0.15, 0.2) is 5.78 Å². The SMILES string of the molecule is O=C1/C(=C/n2ccnc2)Cc2c(Cl)cccc21. The zero-order valence-electron chi connectivity index (χ0n) is 8.93. The van der Waals surface area contributed by atoms with E-state index in [9.17, 15) is 4.79 Å². The number of imidazole rings is 1. The number of allylic oxidation sites excluding steroid dienone is 1. The molecule has 0 fully saturated rings. The largest absolute Gasteiger partial charge is 0.313 e. The summed E-state index contributed by atoms with van der Waals surface area (Å²) >= 11 is 6.08. The van der Waals surface area contributed by atoms with Crippen molar-refractivity contribution in [2.75, 3.05) is 0 Å². The van der Waals surface area contributed by atoms with Crippen molar-refractivity contribution in [2.24, 2.45) is 0 Å². The molecule has 0 saturated heterocycles. The summed E-state index contributed by atoms with van der Waals surface area (Å²) in [5.74, 6) is 0.0520. The molecule has 0 amide bonds. The fourth-order valence-corrected chi connectivity index (χ4v) is 2.27. The van der Waals surface area contributed by atoms with Crippen LogP contribution in [-0.2, 0) is 6.42 Å². The van der Waals surface area contributed by atoms with Gasteiger partial charge in [-0.15, -0.1) is 0 Å². The van der Waals surface area contributed by atoms with Crippen LogP contribution < -0.4 is 0 Å². The molecule has 84 valence electrons. The van der Waals surface area contributed by atoms with Crippen LogP contribution >= 0.6 is 11.6 Å². The molecular weight excluding hydrogens is 236 g/mol. The fraction of sp³-hybridized carbons (Fsp3) is 0.0769. The number of hydrogen-bond acceptors (Lipinski definition) is 2. The Balaban J connectivity index is 2.05. The zero-order chi connectivity index (χ0) is 11.8. The highest BCUT2D eigenvalue weighted by Gasteiger charge is 2.26. The maximum absolute atomic E-state index is 12.1. The summed E-state index contributed by atoms with van der Waals surface area (Å²) in [5, 5.41) is 0.657. The number of rotatable bonds is 1. The number of hydrogen-bond donors (Lipinski definition) is 0. The first-order valence-electron chi connectivity index (χ1n) is 5.26. The minimum absolute atomic E-state index is 0.0520. The van der Waals surface area contributed by atoms with Gasteiger partial charge in [-0.1, -0.05) is 23.7 Å². The van der Waals surface area contributed by atoms with E-state index >= 15 is 0 Å². The number of carbonyl (C=O) groups excluding carboxylic acids is 1. The van der Waals surface area contributed by atoms with Crippen LogP contribution in [0.4, 0.5) is 0 Å². The smallest absolute Gasteiger partial charge is 0.191 e. The lowest BCUT2D eigenvalue weighted by Crippen LogP contribution is -1.96. The van der Waals surface area contributed by atoms with Crippen molar-refractivity contribution in [1.29, 1.82) is 0 Å². The van der Waals surface area contributed by atoms with Gasteiger partial charge in [0.2, 0.25) is 0 Å². The summed E-state index contributed by atoms with van der Waals surface area (Å²) in [6, 6.07) is 5.44. The van der Waals surface area contributed by atoms with Gasteiger partial charge in [0.25, 0.3) is 0 Å². The van der Waals surface area contributed by atoms with Gasteiger partial charge < -0.3 is 4.57 Å². The van der Waals surface area contributed by atoms with E-state index in [-0.39, 0.29) is 5.78 Å². The Morgan fingerprint density at radius 3 is 3.00 bits per heavy atom. The normalized spacial score (nSPS) is 16.5. The monoisotopic (exact) mass is 244 g/mol. The molecule has 1 aliphatic rings. The van der Waals surface area contributed by atoms with Crippen LogP contribution in [0.5, 0.6) is 0 Å². The maximum Gasteiger partial charge on any atom is 0.191 e. The number of fused-ring (bicyclic) bond motifs is 1. The lowest BCUT2D eigenvalue weighted by atomic mass is 10.1. The first-order chi connectivity index (χ1) is 8.25. The van der Waals surface area contributed by atoms with E-state index in [2.05, 4.69) is 4.98 Å². The fourth-order valence-electron chi connectivity index (χ4n) is 2.02. The van der Waals surface area contributed by atoms with Gasteiger partial charge in [-0.25, -0.2) is 4.98 Å². The van der Waals surface area contributed by atoms with Crippen molar-refractivity contribution in [3.63, 3.8) is 0 Å². The van der Waals surface area contributed by atoms with E-state index in [0.717, 1.165) is 11.1 Å². The van der Waals surface area contributed by atoms with Crippen molar-refractivity contribution in [3.8, 4) is 0 Å². The number of aromatic nitrogens is 2. The van der Waals surface area contributed by atoms with Crippen LogP contribution in [0.25, 0.3) is 6.20 Å². The summed E-state index contributed by atoms with van der Waals surface area (Å²) in [7, 11) is 0. The van der Waals surface area contributed by atoms with Crippen LogP contribution in [0.2, 0.25) is 5.02 Å². The molecule has 3 rings (SSSR count). The predicted octanol–water partition coefficient (Wildman–Crippen LogP) is 2.82. The maximum atomic E-state index is 12.1. The van der Waals surface area contributed by atoms with Crippen molar-refractivity contribution in [1.82, 2.24) is 9.55 Å². The number of ketones is 1. The van der Waals surface area contributed by atoms with Gasteiger partial charge in [0, 0.05) is 41.2 Å². The molecule has 2 aromatic rings. The Morgan fingerprint density at radius 2 is 2.29 bits per heavy atom. The Bertz CT molecular complexity index is 614. The molecule has 1 heterocycles. The Labute approximate surface area is 103 Å². The van der Waals surface area contributed by atoms with Gasteiger partial charge in [0.05, 0.1) is 6.33 Å². The Kier molecular flexibility index (Phi) is 2.34. The van der Waals surface area contributed by atoms with Crippen molar-refractivity contribution < 1.29 is 4.79 Å². The zero-order valence-corrected chi connectivity index (χ0v) is 9.69. The molecule has 1 aromatic heterocycles. The summed E-state index contributed by atoms with van der Waals surface area (Å²) in [5.41, 5.74) is 2.38. The molecule has 0 saturated carbocycles. The topological polar surface area (TPSA) is 34.9 Å².